The molecule has 0 bridgehead atoms. The van der Waals surface area contributed by atoms with Gasteiger partial charge in [-0.3, -0.25) is 0 Å². The van der Waals surface area contributed by atoms with E-state index in [9.17, 15) is 5.11 Å². The molecule has 1 heterocycles. The van der Waals surface area contributed by atoms with Crippen molar-refractivity contribution in [2.75, 3.05) is 13.2 Å². The van der Waals surface area contributed by atoms with Crippen LogP contribution in [0.25, 0.3) is 0 Å². The van der Waals surface area contributed by atoms with Crippen LogP contribution in [0.5, 0.6) is 0 Å². The standard InChI is InChI=1S/C17H24O4/c1-3-17(2,18)13-21-16-15(10-7-11-19-16)20-12-14-8-5-4-6-9-14/h3-6,8-9,15-16,18H,1,7,10-13H2,2H3/t15-,16+,17-/m0/s1. The maximum Gasteiger partial charge on any atom is 0.183 e. The van der Waals surface area contributed by atoms with Gasteiger partial charge in [-0.1, -0.05) is 36.4 Å². The summed E-state index contributed by atoms with van der Waals surface area (Å²) in [7, 11) is 0. The second kappa shape index (κ2) is 7.71. The van der Waals surface area contributed by atoms with Crippen LogP contribution >= 0.6 is 0 Å². The Morgan fingerprint density at radius 3 is 2.86 bits per heavy atom. The molecule has 0 unspecified atom stereocenters. The average Bonchev–Trinajstić information content (AvgIpc) is 2.53. The summed E-state index contributed by atoms with van der Waals surface area (Å²) in [6, 6.07) is 10.0. The van der Waals surface area contributed by atoms with E-state index in [1.807, 2.05) is 30.3 Å². The monoisotopic (exact) mass is 292 g/mol. The van der Waals surface area contributed by atoms with Crippen LogP contribution in [0.15, 0.2) is 43.0 Å². The lowest BCUT2D eigenvalue weighted by molar-refractivity contribution is -0.241. The van der Waals surface area contributed by atoms with E-state index < -0.39 is 11.9 Å². The van der Waals surface area contributed by atoms with E-state index in [-0.39, 0.29) is 12.7 Å². The molecule has 3 atom stereocenters. The lowest BCUT2D eigenvalue weighted by atomic mass is 10.1. The molecule has 1 aromatic carbocycles. The molecule has 0 aliphatic carbocycles. The van der Waals surface area contributed by atoms with Gasteiger partial charge >= 0.3 is 0 Å². The third-order valence-corrected chi connectivity index (χ3v) is 3.51. The molecule has 1 aliphatic heterocycles. The van der Waals surface area contributed by atoms with Crippen LogP contribution in [0.4, 0.5) is 0 Å². The molecule has 0 amide bonds. The van der Waals surface area contributed by atoms with E-state index in [0.29, 0.717) is 13.2 Å². The first-order chi connectivity index (χ1) is 10.1. The maximum atomic E-state index is 9.91. The van der Waals surface area contributed by atoms with E-state index in [1.54, 1.807) is 6.92 Å². The molecular weight excluding hydrogens is 268 g/mol. The zero-order valence-corrected chi connectivity index (χ0v) is 12.5. The molecule has 116 valence electrons. The van der Waals surface area contributed by atoms with Crippen molar-refractivity contribution in [1.82, 2.24) is 0 Å². The van der Waals surface area contributed by atoms with Gasteiger partial charge in [-0.25, -0.2) is 0 Å². The highest BCUT2D eigenvalue weighted by Gasteiger charge is 2.29. The molecule has 1 aliphatic rings. The summed E-state index contributed by atoms with van der Waals surface area (Å²) in [6.07, 6.45) is 2.77. The summed E-state index contributed by atoms with van der Waals surface area (Å²) in [4.78, 5) is 0. The Hall–Kier alpha value is -1.20. The fourth-order valence-electron chi connectivity index (χ4n) is 2.13. The number of rotatable bonds is 7. The van der Waals surface area contributed by atoms with Crippen molar-refractivity contribution in [2.24, 2.45) is 0 Å². The molecule has 1 saturated heterocycles. The highest BCUT2D eigenvalue weighted by atomic mass is 16.7. The number of hydrogen-bond donors (Lipinski definition) is 1. The molecule has 1 N–H and O–H groups in total. The quantitative estimate of drug-likeness (QED) is 0.785. The van der Waals surface area contributed by atoms with Gasteiger partial charge in [0, 0.05) is 6.61 Å². The van der Waals surface area contributed by atoms with Crippen molar-refractivity contribution in [3.05, 3.63) is 48.6 Å². The molecule has 4 heteroatoms. The predicted octanol–water partition coefficient (Wildman–Crippen LogP) is 2.66. The summed E-state index contributed by atoms with van der Waals surface area (Å²) < 4.78 is 17.2. The first kappa shape index (κ1) is 16.2. The lowest BCUT2D eigenvalue weighted by Crippen LogP contribution is -2.41. The van der Waals surface area contributed by atoms with Gasteiger partial charge < -0.3 is 19.3 Å². The molecule has 21 heavy (non-hydrogen) atoms. The average molecular weight is 292 g/mol. The Bertz CT molecular complexity index is 430. The number of hydrogen-bond acceptors (Lipinski definition) is 4. The first-order valence-electron chi connectivity index (χ1n) is 7.35. The lowest BCUT2D eigenvalue weighted by Gasteiger charge is -2.33. The summed E-state index contributed by atoms with van der Waals surface area (Å²) in [5.41, 5.74) is 0.0741. The Morgan fingerprint density at radius 1 is 1.38 bits per heavy atom. The van der Waals surface area contributed by atoms with Crippen molar-refractivity contribution >= 4 is 0 Å². The van der Waals surface area contributed by atoms with Gasteiger partial charge in [-0.2, -0.15) is 0 Å². The second-order valence-electron chi connectivity index (χ2n) is 5.59. The van der Waals surface area contributed by atoms with Gasteiger partial charge in [-0.05, 0) is 25.3 Å². The van der Waals surface area contributed by atoms with Crippen LogP contribution in [-0.2, 0) is 20.8 Å². The zero-order chi connectivity index (χ0) is 15.1. The third kappa shape index (κ3) is 5.25. The Balaban J connectivity index is 1.85. The minimum atomic E-state index is -1.05. The van der Waals surface area contributed by atoms with Crippen molar-refractivity contribution in [3.63, 3.8) is 0 Å². The highest BCUT2D eigenvalue weighted by molar-refractivity contribution is 5.13. The second-order valence-corrected chi connectivity index (χ2v) is 5.59. The molecular formula is C17H24O4. The molecule has 0 saturated carbocycles. The first-order valence-corrected chi connectivity index (χ1v) is 7.35. The van der Waals surface area contributed by atoms with E-state index in [1.165, 1.54) is 6.08 Å². The zero-order valence-electron chi connectivity index (χ0n) is 12.5. The van der Waals surface area contributed by atoms with Crippen LogP contribution in [0, 0.1) is 0 Å². The van der Waals surface area contributed by atoms with E-state index in [2.05, 4.69) is 6.58 Å². The molecule has 1 aromatic rings. The SMILES string of the molecule is C=C[C@](C)(O)CO[C@H]1OCCC[C@@H]1OCc1ccccc1. The van der Waals surface area contributed by atoms with Gasteiger partial charge in [-0.15, -0.1) is 6.58 Å². The van der Waals surface area contributed by atoms with Gasteiger partial charge in [0.15, 0.2) is 6.29 Å². The van der Waals surface area contributed by atoms with E-state index >= 15 is 0 Å². The van der Waals surface area contributed by atoms with E-state index in [4.69, 9.17) is 14.2 Å². The summed E-state index contributed by atoms with van der Waals surface area (Å²) >= 11 is 0. The smallest absolute Gasteiger partial charge is 0.183 e. The molecule has 0 aromatic heterocycles. The summed E-state index contributed by atoms with van der Waals surface area (Å²) in [5, 5.41) is 9.91. The van der Waals surface area contributed by atoms with Crippen molar-refractivity contribution in [1.29, 1.82) is 0 Å². The predicted molar refractivity (Wildman–Crippen MR) is 80.8 cm³/mol. The van der Waals surface area contributed by atoms with Crippen molar-refractivity contribution in [2.45, 2.75) is 44.4 Å². The maximum absolute atomic E-state index is 9.91. The Kier molecular flexibility index (Phi) is 5.94. The van der Waals surface area contributed by atoms with Gasteiger partial charge in [0.2, 0.25) is 0 Å². The fraction of sp³-hybridized carbons (Fsp3) is 0.529. The fourth-order valence-corrected chi connectivity index (χ4v) is 2.13. The number of benzene rings is 1. The van der Waals surface area contributed by atoms with Crippen LogP contribution < -0.4 is 0 Å². The molecule has 1 fully saturated rings. The minimum absolute atomic E-state index is 0.112. The number of aliphatic hydroxyl groups is 1. The number of ether oxygens (including phenoxy) is 3. The van der Waals surface area contributed by atoms with Gasteiger partial charge in [0.25, 0.3) is 0 Å². The minimum Gasteiger partial charge on any atom is -0.384 e. The van der Waals surface area contributed by atoms with E-state index in [0.717, 1.165) is 18.4 Å². The molecule has 0 spiro atoms. The molecule has 0 radical (unpaired) electrons. The van der Waals surface area contributed by atoms with Crippen molar-refractivity contribution in [3.8, 4) is 0 Å². The van der Waals surface area contributed by atoms with Crippen LogP contribution in [-0.4, -0.2) is 36.3 Å². The third-order valence-electron chi connectivity index (χ3n) is 3.51. The normalized spacial score (nSPS) is 25.2. The topological polar surface area (TPSA) is 47.9 Å². The van der Waals surface area contributed by atoms with Crippen LogP contribution in [0.1, 0.15) is 25.3 Å². The largest absolute Gasteiger partial charge is 0.384 e. The highest BCUT2D eigenvalue weighted by Crippen LogP contribution is 2.21. The van der Waals surface area contributed by atoms with Crippen LogP contribution in [0.3, 0.4) is 0 Å². The van der Waals surface area contributed by atoms with Crippen LogP contribution in [0.2, 0.25) is 0 Å². The Morgan fingerprint density at radius 2 is 2.14 bits per heavy atom. The molecule has 2 rings (SSSR count). The Labute approximate surface area is 126 Å². The summed E-state index contributed by atoms with van der Waals surface area (Å²) in [5.74, 6) is 0. The van der Waals surface area contributed by atoms with Gasteiger partial charge in [0.05, 0.1) is 13.2 Å². The molecule has 4 nitrogen and oxygen atoms in total. The summed E-state index contributed by atoms with van der Waals surface area (Å²) in [6.45, 7) is 6.58. The van der Waals surface area contributed by atoms with Crippen molar-refractivity contribution < 1.29 is 19.3 Å². The van der Waals surface area contributed by atoms with Gasteiger partial charge in [0.1, 0.15) is 11.7 Å².